The second-order valence-corrected chi connectivity index (χ2v) is 5.73. The van der Waals surface area contributed by atoms with Crippen LogP contribution in [0.2, 0.25) is 0 Å². The van der Waals surface area contributed by atoms with Gasteiger partial charge in [0.2, 0.25) is 0 Å². The number of nitrogens with zero attached hydrogens (tertiary/aromatic N) is 1. The normalized spacial score (nSPS) is 28.2. The summed E-state index contributed by atoms with van der Waals surface area (Å²) < 4.78 is 0. The lowest BCUT2D eigenvalue weighted by atomic mass is 9.91. The molecule has 0 aromatic carbocycles. The van der Waals surface area contributed by atoms with Crippen LogP contribution in [-0.4, -0.2) is 35.1 Å². The molecule has 0 aromatic rings. The lowest BCUT2D eigenvalue weighted by Gasteiger charge is -2.29. The predicted octanol–water partition coefficient (Wildman–Crippen LogP) is 2.38. The van der Waals surface area contributed by atoms with Gasteiger partial charge < -0.3 is 5.11 Å². The third-order valence-corrected chi connectivity index (χ3v) is 3.46. The highest BCUT2D eigenvalue weighted by Crippen LogP contribution is 2.43. The summed E-state index contributed by atoms with van der Waals surface area (Å²) in [7, 11) is 0. The maximum atomic E-state index is 10.8. The summed E-state index contributed by atoms with van der Waals surface area (Å²) in [6, 6.07) is 0.379. The Morgan fingerprint density at radius 2 is 2.19 bits per heavy atom. The van der Waals surface area contributed by atoms with Gasteiger partial charge in [-0.15, -0.1) is 6.58 Å². The van der Waals surface area contributed by atoms with Crippen LogP contribution in [0.25, 0.3) is 0 Å². The molecule has 3 heteroatoms. The molecular formula is C13H23NO2. The first-order valence-corrected chi connectivity index (χ1v) is 5.92. The van der Waals surface area contributed by atoms with Gasteiger partial charge in [-0.25, -0.2) is 0 Å². The molecule has 0 aliphatic heterocycles. The summed E-state index contributed by atoms with van der Waals surface area (Å²) in [6.07, 6.45) is 4.04. The molecular weight excluding hydrogens is 202 g/mol. The van der Waals surface area contributed by atoms with E-state index in [-0.39, 0.29) is 6.54 Å². The topological polar surface area (TPSA) is 40.5 Å². The molecule has 0 spiro atoms. The van der Waals surface area contributed by atoms with E-state index >= 15 is 0 Å². The molecule has 2 unspecified atom stereocenters. The third-order valence-electron chi connectivity index (χ3n) is 3.46. The van der Waals surface area contributed by atoms with Crippen molar-refractivity contribution in [3.8, 4) is 0 Å². The molecule has 0 aromatic heterocycles. The summed E-state index contributed by atoms with van der Waals surface area (Å²) in [6.45, 7) is 11.2. The van der Waals surface area contributed by atoms with E-state index in [0.717, 1.165) is 6.42 Å². The standard InChI is InChI=1S/C13H23NO2/c1-5-6-14(9-12(15)16)11-8-13(3,4)7-10(11)2/h5,10-11H,1,6-9H2,2-4H3,(H,15,16). The quantitative estimate of drug-likeness (QED) is 0.730. The zero-order chi connectivity index (χ0) is 12.3. The molecule has 1 rings (SSSR count). The number of rotatable bonds is 5. The fourth-order valence-corrected chi connectivity index (χ4v) is 3.00. The zero-order valence-electron chi connectivity index (χ0n) is 10.6. The van der Waals surface area contributed by atoms with E-state index in [1.165, 1.54) is 6.42 Å². The Morgan fingerprint density at radius 3 is 2.56 bits per heavy atom. The van der Waals surface area contributed by atoms with E-state index in [2.05, 4.69) is 27.4 Å². The van der Waals surface area contributed by atoms with Gasteiger partial charge in [0.05, 0.1) is 6.54 Å². The van der Waals surface area contributed by atoms with Crippen molar-refractivity contribution in [2.75, 3.05) is 13.1 Å². The Morgan fingerprint density at radius 1 is 1.56 bits per heavy atom. The van der Waals surface area contributed by atoms with Gasteiger partial charge in [0, 0.05) is 12.6 Å². The molecule has 0 amide bonds. The number of carboxylic acids is 1. The molecule has 0 saturated heterocycles. The Balaban J connectivity index is 2.71. The van der Waals surface area contributed by atoms with E-state index in [9.17, 15) is 4.79 Å². The maximum Gasteiger partial charge on any atom is 0.317 e. The lowest BCUT2D eigenvalue weighted by Crippen LogP contribution is -2.40. The van der Waals surface area contributed by atoms with E-state index in [0.29, 0.717) is 23.9 Å². The molecule has 92 valence electrons. The van der Waals surface area contributed by atoms with Crippen LogP contribution >= 0.6 is 0 Å². The molecule has 0 radical (unpaired) electrons. The highest BCUT2D eigenvalue weighted by molar-refractivity contribution is 5.69. The van der Waals surface area contributed by atoms with Crippen LogP contribution in [0.5, 0.6) is 0 Å². The predicted molar refractivity (Wildman–Crippen MR) is 65.4 cm³/mol. The minimum Gasteiger partial charge on any atom is -0.480 e. The molecule has 16 heavy (non-hydrogen) atoms. The Kier molecular flexibility index (Phi) is 4.14. The molecule has 2 atom stereocenters. The fourth-order valence-electron chi connectivity index (χ4n) is 3.00. The van der Waals surface area contributed by atoms with Crippen LogP contribution in [0, 0.1) is 11.3 Å². The minimum atomic E-state index is -0.751. The van der Waals surface area contributed by atoms with Crippen molar-refractivity contribution < 1.29 is 9.90 Å². The number of carbonyl (C=O) groups is 1. The van der Waals surface area contributed by atoms with Gasteiger partial charge in [-0.2, -0.15) is 0 Å². The van der Waals surface area contributed by atoms with Crippen LogP contribution in [0.3, 0.4) is 0 Å². The highest BCUT2D eigenvalue weighted by atomic mass is 16.4. The molecule has 1 fully saturated rings. The SMILES string of the molecule is C=CCN(CC(=O)O)C1CC(C)(C)CC1C. The summed E-state index contributed by atoms with van der Waals surface area (Å²) in [5.74, 6) is -0.187. The van der Waals surface area contributed by atoms with E-state index in [4.69, 9.17) is 5.11 Å². The van der Waals surface area contributed by atoms with Crippen molar-refractivity contribution in [1.82, 2.24) is 4.90 Å². The van der Waals surface area contributed by atoms with Gasteiger partial charge in [0.15, 0.2) is 0 Å². The Bertz CT molecular complexity index is 273. The van der Waals surface area contributed by atoms with Gasteiger partial charge in [0.1, 0.15) is 0 Å². The number of hydrogen-bond acceptors (Lipinski definition) is 2. The lowest BCUT2D eigenvalue weighted by molar-refractivity contribution is -0.138. The van der Waals surface area contributed by atoms with Gasteiger partial charge in [-0.3, -0.25) is 9.69 Å². The minimum absolute atomic E-state index is 0.122. The van der Waals surface area contributed by atoms with Gasteiger partial charge >= 0.3 is 5.97 Å². The summed E-state index contributed by atoms with van der Waals surface area (Å²) in [4.78, 5) is 12.9. The average Bonchev–Trinajstić information content (AvgIpc) is 2.38. The first-order chi connectivity index (χ1) is 7.35. The monoisotopic (exact) mass is 225 g/mol. The Hall–Kier alpha value is -0.830. The van der Waals surface area contributed by atoms with Crippen molar-refractivity contribution in [3.63, 3.8) is 0 Å². The van der Waals surface area contributed by atoms with E-state index in [1.54, 1.807) is 6.08 Å². The van der Waals surface area contributed by atoms with Crippen molar-refractivity contribution >= 4 is 5.97 Å². The smallest absolute Gasteiger partial charge is 0.317 e. The second-order valence-electron chi connectivity index (χ2n) is 5.73. The number of hydrogen-bond donors (Lipinski definition) is 1. The highest BCUT2D eigenvalue weighted by Gasteiger charge is 2.39. The number of carboxylic acid groups (broad SMARTS) is 1. The van der Waals surface area contributed by atoms with Crippen molar-refractivity contribution in [2.24, 2.45) is 11.3 Å². The van der Waals surface area contributed by atoms with E-state index < -0.39 is 5.97 Å². The van der Waals surface area contributed by atoms with Crippen molar-refractivity contribution in [3.05, 3.63) is 12.7 Å². The molecule has 0 bridgehead atoms. The van der Waals surface area contributed by atoms with Crippen molar-refractivity contribution in [1.29, 1.82) is 0 Å². The van der Waals surface area contributed by atoms with Crippen LogP contribution in [0.15, 0.2) is 12.7 Å². The van der Waals surface area contributed by atoms with Crippen LogP contribution in [0.1, 0.15) is 33.6 Å². The largest absolute Gasteiger partial charge is 0.480 e. The second kappa shape index (κ2) is 5.00. The number of aliphatic carboxylic acids is 1. The first kappa shape index (κ1) is 13.2. The molecule has 1 aliphatic carbocycles. The fraction of sp³-hybridized carbons (Fsp3) is 0.769. The third kappa shape index (κ3) is 3.34. The zero-order valence-corrected chi connectivity index (χ0v) is 10.6. The average molecular weight is 225 g/mol. The van der Waals surface area contributed by atoms with Crippen LogP contribution in [-0.2, 0) is 4.79 Å². The molecule has 1 aliphatic rings. The van der Waals surface area contributed by atoms with Crippen LogP contribution < -0.4 is 0 Å². The summed E-state index contributed by atoms with van der Waals surface area (Å²) >= 11 is 0. The molecule has 1 saturated carbocycles. The van der Waals surface area contributed by atoms with Gasteiger partial charge in [0.25, 0.3) is 0 Å². The van der Waals surface area contributed by atoms with Crippen molar-refractivity contribution in [2.45, 2.75) is 39.7 Å². The molecule has 1 N–H and O–H groups in total. The first-order valence-electron chi connectivity index (χ1n) is 5.92. The molecule has 3 nitrogen and oxygen atoms in total. The molecule has 0 heterocycles. The summed E-state index contributed by atoms with van der Waals surface area (Å²) in [5.41, 5.74) is 0.335. The Labute approximate surface area is 98.1 Å². The van der Waals surface area contributed by atoms with Crippen LogP contribution in [0.4, 0.5) is 0 Å². The maximum absolute atomic E-state index is 10.8. The van der Waals surface area contributed by atoms with Gasteiger partial charge in [-0.05, 0) is 24.2 Å². The summed E-state index contributed by atoms with van der Waals surface area (Å²) in [5, 5.41) is 8.91. The van der Waals surface area contributed by atoms with Gasteiger partial charge in [-0.1, -0.05) is 26.8 Å². The van der Waals surface area contributed by atoms with E-state index in [1.807, 2.05) is 4.90 Å².